The van der Waals surface area contributed by atoms with E-state index < -0.39 is 5.97 Å². The summed E-state index contributed by atoms with van der Waals surface area (Å²) in [5.74, 6) is -0.456. The molecule has 0 saturated heterocycles. The average molecular weight is 390 g/mol. The van der Waals surface area contributed by atoms with Crippen LogP contribution in [0.5, 0.6) is 0 Å². The van der Waals surface area contributed by atoms with Crippen molar-refractivity contribution >= 4 is 11.8 Å². The van der Waals surface area contributed by atoms with Crippen LogP contribution in [0.1, 0.15) is 109 Å². The number of ether oxygens (including phenoxy) is 1. The maximum atomic E-state index is 11.9. The van der Waals surface area contributed by atoms with E-state index in [0.717, 1.165) is 18.4 Å². The number of ketones is 1. The second-order valence-corrected chi connectivity index (χ2v) is 7.73. The number of hydrogen-bond donors (Lipinski definition) is 0. The third-order valence-electron chi connectivity index (χ3n) is 5.02. The quantitative estimate of drug-likeness (QED) is 0.162. The third kappa shape index (κ3) is 14.4. The van der Waals surface area contributed by atoms with Gasteiger partial charge in [0.2, 0.25) is 0 Å². The summed E-state index contributed by atoms with van der Waals surface area (Å²) in [6.07, 6.45) is 20.4. The molecule has 158 valence electrons. The van der Waals surface area contributed by atoms with Crippen LogP contribution in [-0.2, 0) is 20.9 Å². The number of rotatable bonds is 18. The van der Waals surface area contributed by atoms with Gasteiger partial charge in [-0.3, -0.25) is 14.6 Å². The zero-order valence-corrected chi connectivity index (χ0v) is 17.8. The second-order valence-electron chi connectivity index (χ2n) is 7.73. The Morgan fingerprint density at radius 3 is 1.96 bits per heavy atom. The van der Waals surface area contributed by atoms with E-state index in [4.69, 9.17) is 4.74 Å². The van der Waals surface area contributed by atoms with Gasteiger partial charge in [0.25, 0.3) is 0 Å². The fraction of sp³-hybridized carbons (Fsp3) is 0.708. The van der Waals surface area contributed by atoms with E-state index in [0.29, 0.717) is 6.42 Å². The Morgan fingerprint density at radius 2 is 1.43 bits per heavy atom. The molecule has 1 heterocycles. The van der Waals surface area contributed by atoms with Crippen LogP contribution in [0.4, 0.5) is 0 Å². The Bertz CT molecular complexity index is 516. The first-order valence-corrected chi connectivity index (χ1v) is 11.3. The minimum Gasteiger partial charge on any atom is -0.460 e. The van der Waals surface area contributed by atoms with Crippen molar-refractivity contribution in [2.24, 2.45) is 0 Å². The summed E-state index contributed by atoms with van der Waals surface area (Å²) >= 11 is 0. The molecule has 4 heteroatoms. The minimum atomic E-state index is -0.441. The van der Waals surface area contributed by atoms with Crippen LogP contribution in [0, 0.1) is 0 Å². The first kappa shape index (κ1) is 24.3. The highest BCUT2D eigenvalue weighted by atomic mass is 16.5. The van der Waals surface area contributed by atoms with Gasteiger partial charge in [-0.25, -0.2) is 0 Å². The van der Waals surface area contributed by atoms with E-state index in [1.807, 2.05) is 6.07 Å². The van der Waals surface area contributed by atoms with E-state index in [-0.39, 0.29) is 18.8 Å². The first-order valence-electron chi connectivity index (χ1n) is 11.3. The number of esters is 1. The van der Waals surface area contributed by atoms with Crippen molar-refractivity contribution in [1.82, 2.24) is 4.98 Å². The Kier molecular flexibility index (Phi) is 15.1. The molecule has 0 bridgehead atoms. The molecule has 0 saturated carbocycles. The highest BCUT2D eigenvalue weighted by Gasteiger charge is 2.10. The number of pyridine rings is 1. The van der Waals surface area contributed by atoms with Crippen molar-refractivity contribution < 1.29 is 14.3 Å². The van der Waals surface area contributed by atoms with Crippen LogP contribution in [0.15, 0.2) is 24.5 Å². The topological polar surface area (TPSA) is 56.3 Å². The number of nitrogens with zero attached hydrogens (tertiary/aromatic N) is 1. The molecule has 1 aromatic rings. The fourth-order valence-corrected chi connectivity index (χ4v) is 3.29. The lowest BCUT2D eigenvalue weighted by Crippen LogP contribution is -2.11. The van der Waals surface area contributed by atoms with Gasteiger partial charge in [-0.2, -0.15) is 0 Å². The van der Waals surface area contributed by atoms with Gasteiger partial charge in [0.15, 0.2) is 0 Å². The van der Waals surface area contributed by atoms with Gasteiger partial charge >= 0.3 is 5.97 Å². The average Bonchev–Trinajstić information content (AvgIpc) is 2.70. The molecule has 0 amide bonds. The van der Waals surface area contributed by atoms with Crippen LogP contribution in [-0.4, -0.2) is 16.7 Å². The Morgan fingerprint density at radius 1 is 0.857 bits per heavy atom. The van der Waals surface area contributed by atoms with Crippen LogP contribution in [0.3, 0.4) is 0 Å². The van der Waals surface area contributed by atoms with Crippen LogP contribution in [0.2, 0.25) is 0 Å². The molecule has 0 aliphatic heterocycles. The molecule has 0 fully saturated rings. The van der Waals surface area contributed by atoms with Crippen LogP contribution >= 0.6 is 0 Å². The summed E-state index contributed by atoms with van der Waals surface area (Å²) in [4.78, 5) is 27.5. The molecule has 0 unspecified atom stereocenters. The lowest BCUT2D eigenvalue weighted by molar-refractivity contribution is -0.147. The lowest BCUT2D eigenvalue weighted by atomic mass is 10.0. The molecule has 0 radical (unpaired) electrons. The smallest absolute Gasteiger partial charge is 0.313 e. The van der Waals surface area contributed by atoms with Crippen LogP contribution < -0.4 is 0 Å². The van der Waals surface area contributed by atoms with Gasteiger partial charge in [-0.05, 0) is 12.5 Å². The molecule has 4 nitrogen and oxygen atoms in total. The maximum Gasteiger partial charge on any atom is 0.313 e. The molecule has 1 aromatic heterocycles. The number of Topliss-reactive ketones (excluding diaryl/α,β-unsaturated/α-hetero) is 1. The van der Waals surface area contributed by atoms with Crippen molar-refractivity contribution in [1.29, 1.82) is 0 Å². The normalized spacial score (nSPS) is 10.8. The molecule has 0 spiro atoms. The molecular weight excluding hydrogens is 350 g/mol. The Hall–Kier alpha value is -1.71. The second kappa shape index (κ2) is 17.4. The minimum absolute atomic E-state index is 0.0146. The Balaban J connectivity index is 1.86. The van der Waals surface area contributed by atoms with E-state index in [2.05, 4.69) is 11.9 Å². The number of carbonyl (C=O) groups is 2. The van der Waals surface area contributed by atoms with E-state index >= 15 is 0 Å². The van der Waals surface area contributed by atoms with E-state index in [1.165, 1.54) is 70.6 Å². The highest BCUT2D eigenvalue weighted by Crippen LogP contribution is 2.13. The summed E-state index contributed by atoms with van der Waals surface area (Å²) in [7, 11) is 0. The molecule has 28 heavy (non-hydrogen) atoms. The van der Waals surface area contributed by atoms with Crippen molar-refractivity contribution in [3.63, 3.8) is 0 Å². The molecule has 0 aliphatic rings. The van der Waals surface area contributed by atoms with Gasteiger partial charge in [-0.15, -0.1) is 0 Å². The lowest BCUT2D eigenvalue weighted by Gasteiger charge is -2.05. The van der Waals surface area contributed by atoms with Gasteiger partial charge in [0.1, 0.15) is 18.8 Å². The van der Waals surface area contributed by atoms with Crippen molar-refractivity contribution in [2.45, 2.75) is 110 Å². The van der Waals surface area contributed by atoms with Gasteiger partial charge in [0, 0.05) is 24.4 Å². The molecule has 0 N–H and O–H groups in total. The summed E-state index contributed by atoms with van der Waals surface area (Å²) in [6.45, 7) is 2.44. The number of hydrogen-bond acceptors (Lipinski definition) is 4. The van der Waals surface area contributed by atoms with Crippen molar-refractivity contribution in [3.05, 3.63) is 30.1 Å². The Labute approximate surface area is 171 Å². The third-order valence-corrected chi connectivity index (χ3v) is 5.02. The summed E-state index contributed by atoms with van der Waals surface area (Å²) < 4.78 is 5.12. The molecule has 1 rings (SSSR count). The molecule has 0 aliphatic carbocycles. The fourth-order valence-electron chi connectivity index (χ4n) is 3.29. The van der Waals surface area contributed by atoms with Crippen molar-refractivity contribution in [2.75, 3.05) is 0 Å². The number of aromatic nitrogens is 1. The highest BCUT2D eigenvalue weighted by molar-refractivity contribution is 5.95. The predicted molar refractivity (Wildman–Crippen MR) is 114 cm³/mol. The summed E-state index contributed by atoms with van der Waals surface area (Å²) in [5.41, 5.74) is 0.833. The predicted octanol–water partition coefficient (Wildman–Crippen LogP) is 6.57. The van der Waals surface area contributed by atoms with E-state index in [1.54, 1.807) is 18.5 Å². The molecule has 0 atom stereocenters. The molecular formula is C24H39NO3. The monoisotopic (exact) mass is 389 g/mol. The summed E-state index contributed by atoms with van der Waals surface area (Å²) in [6, 6.07) is 3.64. The maximum absolute atomic E-state index is 11.9. The SMILES string of the molecule is CCCCCCCCCCCCCCCC(=O)CC(=O)OCc1cccnc1. The summed E-state index contributed by atoms with van der Waals surface area (Å²) in [5, 5.41) is 0. The standard InChI is InChI=1S/C24H39NO3/c1-2-3-4-5-6-7-8-9-10-11-12-13-14-17-23(26)19-24(27)28-21-22-16-15-18-25-20-22/h15-16,18,20H,2-14,17,19,21H2,1H3. The van der Waals surface area contributed by atoms with Gasteiger partial charge < -0.3 is 4.74 Å². The zero-order valence-electron chi connectivity index (χ0n) is 17.8. The van der Waals surface area contributed by atoms with E-state index in [9.17, 15) is 9.59 Å². The van der Waals surface area contributed by atoms with Gasteiger partial charge in [0.05, 0.1) is 0 Å². The number of unbranched alkanes of at least 4 members (excludes halogenated alkanes) is 12. The van der Waals surface area contributed by atoms with Crippen molar-refractivity contribution in [3.8, 4) is 0 Å². The van der Waals surface area contributed by atoms with Gasteiger partial charge in [-0.1, -0.05) is 90.0 Å². The first-order chi connectivity index (χ1) is 13.7. The zero-order chi connectivity index (χ0) is 20.3. The molecule has 0 aromatic carbocycles. The number of carbonyl (C=O) groups excluding carboxylic acids is 2. The van der Waals surface area contributed by atoms with Crippen LogP contribution in [0.25, 0.3) is 0 Å². The largest absolute Gasteiger partial charge is 0.460 e.